The fourth-order valence-corrected chi connectivity index (χ4v) is 12.3. The van der Waals surface area contributed by atoms with Crippen LogP contribution in [0.2, 0.25) is 0 Å². The number of fused-ring (bicyclic) bond motifs is 7. The van der Waals surface area contributed by atoms with Crippen molar-refractivity contribution in [2.24, 2.45) is 9.39 Å². The zero-order valence-corrected chi connectivity index (χ0v) is 47.4. The topological polar surface area (TPSA) is 191 Å². The van der Waals surface area contributed by atoms with Gasteiger partial charge in [0, 0.05) is 58.7 Å². The van der Waals surface area contributed by atoms with Crippen LogP contribution >= 0.6 is 23.3 Å². The summed E-state index contributed by atoms with van der Waals surface area (Å²) in [4.78, 5) is 12.9. The van der Waals surface area contributed by atoms with Gasteiger partial charge in [0.2, 0.25) is 6.20 Å². The lowest BCUT2D eigenvalue weighted by molar-refractivity contribution is -0.581. The Bertz CT molecular complexity index is 3610. The molecular formula is C61H62N11O4S4+. The van der Waals surface area contributed by atoms with Crippen LogP contribution in [0.3, 0.4) is 0 Å². The summed E-state index contributed by atoms with van der Waals surface area (Å²) >= 11 is 3.63. The first-order valence-electron chi connectivity index (χ1n) is 26.0. The molecule has 0 radical (unpaired) electrons. The first kappa shape index (κ1) is 57.9. The van der Waals surface area contributed by atoms with Crippen molar-refractivity contribution in [1.82, 2.24) is 39.4 Å². The smallest absolute Gasteiger partial charge is 0.214 e. The number of hydrogen-bond donors (Lipinski definition) is 1. The highest BCUT2D eigenvalue weighted by molar-refractivity contribution is 7.99. The maximum Gasteiger partial charge on any atom is 0.214 e. The second kappa shape index (κ2) is 30.8. The van der Waals surface area contributed by atoms with E-state index in [9.17, 15) is 12.6 Å². The average molecular weight is 1140 g/mol. The minimum Gasteiger partial charge on any atom is -0.356 e. The van der Waals surface area contributed by atoms with Crippen LogP contribution in [0.25, 0.3) is 43.0 Å². The van der Waals surface area contributed by atoms with Gasteiger partial charge < -0.3 is 4.52 Å². The van der Waals surface area contributed by atoms with Crippen LogP contribution in [0.1, 0.15) is 55.2 Å². The summed E-state index contributed by atoms with van der Waals surface area (Å²) in [5.74, 6) is 7.22. The molecule has 4 aliphatic heterocycles. The minimum atomic E-state index is -2.58. The zero-order valence-electron chi connectivity index (χ0n) is 44.1. The van der Waals surface area contributed by atoms with Gasteiger partial charge in [0.05, 0.1) is 43.6 Å². The Morgan fingerprint density at radius 3 is 2.02 bits per heavy atom. The molecule has 408 valence electrons. The van der Waals surface area contributed by atoms with Gasteiger partial charge in [-0.25, -0.2) is 22.1 Å². The maximum atomic E-state index is 11.5. The first-order valence-corrected chi connectivity index (χ1v) is 31.4. The average Bonchev–Trinajstić information content (AvgIpc) is 4.40. The van der Waals surface area contributed by atoms with Gasteiger partial charge in [-0.05, 0) is 131 Å². The van der Waals surface area contributed by atoms with E-state index in [4.69, 9.17) is 4.52 Å². The third-order valence-electron chi connectivity index (χ3n) is 12.2. The molecule has 19 heteroatoms. The quantitative estimate of drug-likeness (QED) is 0.112. The van der Waals surface area contributed by atoms with Crippen LogP contribution in [-0.4, -0.2) is 93.4 Å². The largest absolute Gasteiger partial charge is 0.356 e. The molecule has 2 saturated heterocycles. The number of sulfone groups is 1. The van der Waals surface area contributed by atoms with Crippen molar-refractivity contribution >= 4 is 104 Å². The molecule has 16 rings (SSSR count). The van der Waals surface area contributed by atoms with Gasteiger partial charge >= 0.3 is 0 Å². The molecule has 0 spiro atoms. The molecule has 0 bridgehead atoms. The first-order chi connectivity index (χ1) is 39.2. The molecule has 11 heterocycles. The van der Waals surface area contributed by atoms with E-state index in [2.05, 4.69) is 98.3 Å². The summed E-state index contributed by atoms with van der Waals surface area (Å²) in [7, 11) is -4.92. The van der Waals surface area contributed by atoms with E-state index >= 15 is 0 Å². The molecule has 1 atom stereocenters. The minimum absolute atomic E-state index is 0.424. The summed E-state index contributed by atoms with van der Waals surface area (Å²) < 4.78 is 50.4. The van der Waals surface area contributed by atoms with Crippen LogP contribution in [0.15, 0.2) is 232 Å². The molecule has 1 N–H and O–H groups in total. The number of aliphatic imine (C=N–C) groups is 1. The SMILES string of the molecule is C1=NCc2ccccc21.C1CCSCC1.C=S1(=O)N=Cc2ccccc21.O=S1(=O)CCCCC1.c1cc[n+]2[nH]ncc2c1.c1ccc2cnccc2c1.c1ccc2oncc2c1.c1ccc2sncc2c1.c1ccn2ncnc2c1. The molecular weight excluding hydrogens is 1080 g/mol. The summed E-state index contributed by atoms with van der Waals surface area (Å²) in [6.45, 7) is 0.871. The van der Waals surface area contributed by atoms with Gasteiger partial charge in [-0.1, -0.05) is 132 Å². The summed E-state index contributed by atoms with van der Waals surface area (Å²) in [5, 5.41) is 18.9. The molecule has 80 heavy (non-hydrogen) atoms. The predicted molar refractivity (Wildman–Crippen MR) is 329 cm³/mol. The van der Waals surface area contributed by atoms with E-state index in [1.54, 1.807) is 29.2 Å². The van der Waals surface area contributed by atoms with Gasteiger partial charge in [-0.2, -0.15) is 25.6 Å². The number of aromatic nitrogens is 9. The van der Waals surface area contributed by atoms with Crippen LogP contribution in [0.4, 0.5) is 0 Å². The molecule has 0 aliphatic carbocycles. The van der Waals surface area contributed by atoms with Gasteiger partial charge in [-0.15, -0.1) is 4.52 Å². The van der Waals surface area contributed by atoms with Crippen LogP contribution in [0, 0.1) is 0 Å². The molecule has 2 fully saturated rings. The second-order valence-electron chi connectivity index (χ2n) is 18.0. The zero-order chi connectivity index (χ0) is 55.5. The Morgan fingerprint density at radius 2 is 1.32 bits per heavy atom. The number of pyridine rings is 3. The predicted octanol–water partition coefficient (Wildman–Crippen LogP) is 12.5. The highest BCUT2D eigenvalue weighted by atomic mass is 32.2. The fraction of sp³-hybridized carbons (Fsp3) is 0.180. The second-order valence-corrected chi connectivity index (χ2v) is 24.3. The molecule has 12 aromatic rings. The van der Waals surface area contributed by atoms with E-state index < -0.39 is 19.5 Å². The van der Waals surface area contributed by atoms with Crippen molar-refractivity contribution in [3.05, 3.63) is 230 Å². The standard InChI is InChI=1S/C9H7N.C8H7NOS.C8H7N.C7H5NO.C7H5NS.2C6H5N3.C5H10O2S.C5H10S/c1-2-4-9-7-10-6-5-8(9)3-1;1-11(10)8-5-3-2-4-7(8)6-9-11;1-2-4-8-6-9-5-7(8)3-1;2*1-2-4-7-6(3-1)5-8-9-7;1-2-4-9-6(3-1)7-5-8-9;1-2-4-9-6(3-1)5-7-8-9;6-8(7)4-2-1-3-5-8;1-2-4-6-5-3-1/h1-7H;2-6H,1H2;1-5H,6H2;4*1-5H;1-5H2;1-5H2/p+1. The lowest BCUT2D eigenvalue weighted by Crippen LogP contribution is -2.21. The molecule has 0 saturated carbocycles. The van der Waals surface area contributed by atoms with Crippen LogP contribution in [-0.2, 0) is 26.1 Å². The number of hydrogen-bond acceptors (Lipinski definition) is 13. The maximum absolute atomic E-state index is 11.5. The summed E-state index contributed by atoms with van der Waals surface area (Å²) in [6, 6.07) is 53.5. The normalized spacial score (nSPS) is 15.7. The van der Waals surface area contributed by atoms with E-state index in [0.717, 1.165) is 58.4 Å². The summed E-state index contributed by atoms with van der Waals surface area (Å²) in [6.07, 6.45) is 25.2. The van der Waals surface area contributed by atoms with Crippen molar-refractivity contribution in [1.29, 1.82) is 0 Å². The Hall–Kier alpha value is -8.23. The van der Waals surface area contributed by atoms with E-state index in [-0.39, 0.29) is 0 Å². The van der Waals surface area contributed by atoms with Crippen molar-refractivity contribution in [3.63, 3.8) is 0 Å². The van der Waals surface area contributed by atoms with Crippen LogP contribution < -0.4 is 4.52 Å². The van der Waals surface area contributed by atoms with Crippen molar-refractivity contribution in [2.75, 3.05) is 23.0 Å². The molecule has 0 amide bonds. The van der Waals surface area contributed by atoms with E-state index in [1.807, 2.05) is 163 Å². The van der Waals surface area contributed by atoms with E-state index in [0.29, 0.717) is 11.5 Å². The highest BCUT2D eigenvalue weighted by Crippen LogP contribution is 2.22. The number of benzene rings is 5. The molecule has 7 aromatic heterocycles. The van der Waals surface area contributed by atoms with Gasteiger partial charge in [0.15, 0.2) is 16.7 Å². The molecule has 5 aromatic carbocycles. The lowest BCUT2D eigenvalue weighted by Gasteiger charge is -2.08. The number of H-pyrrole nitrogens is 1. The number of thioether (sulfide) groups is 1. The fourth-order valence-electron chi connectivity index (χ4n) is 7.96. The number of aromatic amines is 1. The third-order valence-corrected chi connectivity index (χ3v) is 17.4. The van der Waals surface area contributed by atoms with Crippen molar-refractivity contribution in [2.45, 2.75) is 50.0 Å². The summed E-state index contributed by atoms with van der Waals surface area (Å²) in [5.41, 5.74) is 6.36. The van der Waals surface area contributed by atoms with E-state index in [1.165, 1.54) is 80.6 Å². The molecule has 1 unspecified atom stereocenters. The van der Waals surface area contributed by atoms with Gasteiger partial charge in [0.1, 0.15) is 22.4 Å². The number of rotatable bonds is 0. The number of para-hydroxylation sites is 1. The Balaban J connectivity index is 0.000000119. The Morgan fingerprint density at radius 1 is 0.625 bits per heavy atom. The highest BCUT2D eigenvalue weighted by Gasteiger charge is 2.15. The van der Waals surface area contributed by atoms with Crippen LogP contribution in [0.5, 0.6) is 0 Å². The Kier molecular flexibility index (Phi) is 22.3. The Labute approximate surface area is 474 Å². The third kappa shape index (κ3) is 18.4. The number of nitrogens with zero attached hydrogens (tertiary/aromatic N) is 10. The molecule has 15 nitrogen and oxygen atoms in total. The van der Waals surface area contributed by atoms with Crippen molar-refractivity contribution in [3.8, 4) is 0 Å². The van der Waals surface area contributed by atoms with Gasteiger partial charge in [0.25, 0.3) is 0 Å². The monoisotopic (exact) mass is 1140 g/mol. The number of nitrogens with one attached hydrogen (secondary N) is 1. The van der Waals surface area contributed by atoms with Gasteiger partial charge in [-0.3, -0.25) is 9.98 Å². The molecule has 4 aliphatic rings. The lowest BCUT2D eigenvalue weighted by atomic mass is 10.1. The van der Waals surface area contributed by atoms with Crippen molar-refractivity contribution < 1.29 is 21.7 Å².